The molecule has 104 valence electrons. The Hall–Kier alpha value is -0.610. The molecule has 0 saturated carbocycles. The molecule has 1 amide bonds. The first-order chi connectivity index (χ1) is 8.77. The summed E-state index contributed by atoms with van der Waals surface area (Å²) in [6.07, 6.45) is 6.36. The van der Waals surface area contributed by atoms with Crippen molar-refractivity contribution in [3.63, 3.8) is 0 Å². The quantitative estimate of drug-likeness (QED) is 0.781. The Morgan fingerprint density at radius 2 is 2.22 bits per heavy atom. The monoisotopic (exact) mass is 254 g/mol. The molecular formula is C14H26N2O2. The van der Waals surface area contributed by atoms with Crippen LogP contribution in [0, 0.1) is 5.92 Å². The van der Waals surface area contributed by atoms with Gasteiger partial charge < -0.3 is 15.4 Å². The molecule has 0 aromatic carbocycles. The third kappa shape index (κ3) is 3.23. The highest BCUT2D eigenvalue weighted by Crippen LogP contribution is 2.23. The van der Waals surface area contributed by atoms with Gasteiger partial charge in [-0.25, -0.2) is 0 Å². The first-order valence-electron chi connectivity index (χ1n) is 7.38. The van der Waals surface area contributed by atoms with Gasteiger partial charge in [0, 0.05) is 19.8 Å². The second kappa shape index (κ2) is 6.53. The zero-order valence-corrected chi connectivity index (χ0v) is 11.5. The number of rotatable bonds is 5. The Bertz CT molecular complexity index is 269. The van der Waals surface area contributed by atoms with Crippen LogP contribution in [-0.2, 0) is 9.53 Å². The van der Waals surface area contributed by atoms with Crippen molar-refractivity contribution >= 4 is 5.91 Å². The number of nitrogens with one attached hydrogen (secondary N) is 2. The molecule has 2 aliphatic heterocycles. The standard InChI is InChI=1S/C14H26N2O2/c1-2-14(7-3-8-16-14)13(17)15-9-4-12-5-10-18-11-6-12/h12,16H,2-11H2,1H3,(H,15,17). The Morgan fingerprint density at radius 3 is 2.83 bits per heavy atom. The van der Waals surface area contributed by atoms with Crippen molar-refractivity contribution in [1.82, 2.24) is 10.6 Å². The molecule has 2 heterocycles. The molecular weight excluding hydrogens is 228 g/mol. The van der Waals surface area contributed by atoms with Crippen molar-refractivity contribution in [1.29, 1.82) is 0 Å². The van der Waals surface area contributed by atoms with Crippen LogP contribution in [0.4, 0.5) is 0 Å². The second-order valence-electron chi connectivity index (χ2n) is 5.57. The van der Waals surface area contributed by atoms with Gasteiger partial charge in [0.25, 0.3) is 0 Å². The lowest BCUT2D eigenvalue weighted by molar-refractivity contribution is -0.127. The fraction of sp³-hybridized carbons (Fsp3) is 0.929. The second-order valence-corrected chi connectivity index (χ2v) is 5.57. The van der Waals surface area contributed by atoms with E-state index in [2.05, 4.69) is 17.6 Å². The minimum atomic E-state index is -0.282. The van der Waals surface area contributed by atoms with E-state index >= 15 is 0 Å². The number of ether oxygens (including phenoxy) is 1. The van der Waals surface area contributed by atoms with Crippen molar-refractivity contribution in [3.8, 4) is 0 Å². The number of amides is 1. The maximum Gasteiger partial charge on any atom is 0.240 e. The summed E-state index contributed by atoms with van der Waals surface area (Å²) in [6.45, 7) is 5.66. The van der Waals surface area contributed by atoms with Crippen molar-refractivity contribution in [3.05, 3.63) is 0 Å². The zero-order chi connectivity index (χ0) is 12.8. The van der Waals surface area contributed by atoms with Crippen molar-refractivity contribution in [2.75, 3.05) is 26.3 Å². The average molecular weight is 254 g/mol. The maximum absolute atomic E-state index is 12.2. The van der Waals surface area contributed by atoms with Crippen molar-refractivity contribution < 1.29 is 9.53 Å². The summed E-state index contributed by atoms with van der Waals surface area (Å²) in [5, 5.41) is 6.50. The molecule has 0 spiro atoms. The molecule has 18 heavy (non-hydrogen) atoms. The number of carbonyl (C=O) groups is 1. The van der Waals surface area contributed by atoms with Crippen LogP contribution in [0.3, 0.4) is 0 Å². The summed E-state index contributed by atoms with van der Waals surface area (Å²) in [5.41, 5.74) is -0.282. The van der Waals surface area contributed by atoms with E-state index in [9.17, 15) is 4.79 Å². The number of hydrogen-bond donors (Lipinski definition) is 2. The highest BCUT2D eigenvalue weighted by Gasteiger charge is 2.38. The molecule has 0 aromatic rings. The third-order valence-electron chi connectivity index (χ3n) is 4.46. The first-order valence-corrected chi connectivity index (χ1v) is 7.38. The fourth-order valence-electron chi connectivity index (χ4n) is 3.06. The fourth-order valence-corrected chi connectivity index (χ4v) is 3.06. The van der Waals surface area contributed by atoms with Gasteiger partial charge >= 0.3 is 0 Å². The van der Waals surface area contributed by atoms with Gasteiger partial charge in [0.05, 0.1) is 5.54 Å². The molecule has 2 saturated heterocycles. The van der Waals surface area contributed by atoms with E-state index in [4.69, 9.17) is 4.74 Å². The summed E-state index contributed by atoms with van der Waals surface area (Å²) < 4.78 is 5.34. The molecule has 4 nitrogen and oxygen atoms in total. The number of carbonyl (C=O) groups excluding carboxylic acids is 1. The van der Waals surface area contributed by atoms with Crippen molar-refractivity contribution in [2.24, 2.45) is 5.92 Å². The molecule has 2 N–H and O–H groups in total. The summed E-state index contributed by atoms with van der Waals surface area (Å²) in [4.78, 5) is 12.2. The SMILES string of the molecule is CCC1(C(=O)NCCC2CCOCC2)CCCN1. The summed E-state index contributed by atoms with van der Waals surface area (Å²) >= 11 is 0. The van der Waals surface area contributed by atoms with Crippen LogP contribution in [0.1, 0.15) is 45.4 Å². The molecule has 4 heteroatoms. The number of hydrogen-bond acceptors (Lipinski definition) is 3. The van der Waals surface area contributed by atoms with E-state index in [1.807, 2.05) is 0 Å². The normalized spacial score (nSPS) is 29.4. The average Bonchev–Trinajstić information content (AvgIpc) is 2.90. The van der Waals surface area contributed by atoms with Gasteiger partial charge in [0.15, 0.2) is 0 Å². The minimum Gasteiger partial charge on any atom is -0.381 e. The van der Waals surface area contributed by atoms with Crippen LogP contribution in [0.5, 0.6) is 0 Å². The first kappa shape index (κ1) is 13.8. The molecule has 1 unspecified atom stereocenters. The maximum atomic E-state index is 12.2. The molecule has 2 fully saturated rings. The Balaban J connectivity index is 1.70. The molecule has 0 aromatic heterocycles. The molecule has 2 aliphatic rings. The lowest BCUT2D eigenvalue weighted by Crippen LogP contribution is -2.53. The van der Waals surface area contributed by atoms with Gasteiger partial charge in [-0.15, -0.1) is 0 Å². The van der Waals surface area contributed by atoms with Crippen LogP contribution in [0.2, 0.25) is 0 Å². The molecule has 0 bridgehead atoms. The van der Waals surface area contributed by atoms with Gasteiger partial charge in [0.1, 0.15) is 0 Å². The molecule has 1 atom stereocenters. The van der Waals surface area contributed by atoms with E-state index in [0.29, 0.717) is 0 Å². The van der Waals surface area contributed by atoms with Crippen molar-refractivity contribution in [2.45, 2.75) is 51.0 Å². The van der Waals surface area contributed by atoms with E-state index in [-0.39, 0.29) is 11.4 Å². The minimum absolute atomic E-state index is 0.203. The Kier molecular flexibility index (Phi) is 5.01. The smallest absolute Gasteiger partial charge is 0.240 e. The predicted molar refractivity (Wildman–Crippen MR) is 71.4 cm³/mol. The van der Waals surface area contributed by atoms with E-state index in [1.54, 1.807) is 0 Å². The lowest BCUT2D eigenvalue weighted by atomic mass is 9.92. The van der Waals surface area contributed by atoms with E-state index in [0.717, 1.165) is 70.7 Å². The van der Waals surface area contributed by atoms with Crippen LogP contribution >= 0.6 is 0 Å². The molecule has 2 rings (SSSR count). The van der Waals surface area contributed by atoms with Crippen LogP contribution in [-0.4, -0.2) is 37.7 Å². The van der Waals surface area contributed by atoms with Gasteiger partial charge in [-0.3, -0.25) is 4.79 Å². The van der Waals surface area contributed by atoms with E-state index in [1.165, 1.54) is 0 Å². The molecule has 0 radical (unpaired) electrons. The topological polar surface area (TPSA) is 50.4 Å². The van der Waals surface area contributed by atoms with Gasteiger partial charge in [0.2, 0.25) is 5.91 Å². The lowest BCUT2D eigenvalue weighted by Gasteiger charge is -2.27. The van der Waals surface area contributed by atoms with Crippen LogP contribution in [0.25, 0.3) is 0 Å². The predicted octanol–water partition coefficient (Wildman–Crippen LogP) is 1.45. The third-order valence-corrected chi connectivity index (χ3v) is 4.46. The zero-order valence-electron chi connectivity index (χ0n) is 11.5. The Labute approximate surface area is 110 Å². The largest absolute Gasteiger partial charge is 0.381 e. The highest BCUT2D eigenvalue weighted by atomic mass is 16.5. The highest BCUT2D eigenvalue weighted by molar-refractivity contribution is 5.86. The molecule has 0 aliphatic carbocycles. The summed E-state index contributed by atoms with van der Waals surface area (Å²) in [5.74, 6) is 0.933. The van der Waals surface area contributed by atoms with E-state index < -0.39 is 0 Å². The van der Waals surface area contributed by atoms with Crippen LogP contribution < -0.4 is 10.6 Å². The Morgan fingerprint density at radius 1 is 1.44 bits per heavy atom. The summed E-state index contributed by atoms with van der Waals surface area (Å²) in [7, 11) is 0. The van der Waals surface area contributed by atoms with Gasteiger partial charge in [-0.2, -0.15) is 0 Å². The van der Waals surface area contributed by atoms with Gasteiger partial charge in [-0.05, 0) is 51.0 Å². The van der Waals surface area contributed by atoms with Gasteiger partial charge in [-0.1, -0.05) is 6.92 Å². The summed E-state index contributed by atoms with van der Waals surface area (Å²) in [6, 6.07) is 0. The van der Waals surface area contributed by atoms with Crippen LogP contribution in [0.15, 0.2) is 0 Å².